The van der Waals surface area contributed by atoms with E-state index < -0.39 is 29.6 Å². The summed E-state index contributed by atoms with van der Waals surface area (Å²) in [5.74, 6) is -1.18. The second-order valence-corrected chi connectivity index (χ2v) is 5.58. The van der Waals surface area contributed by atoms with E-state index in [1.54, 1.807) is 25.1 Å². The van der Waals surface area contributed by atoms with Gasteiger partial charge in [-0.3, -0.25) is 9.59 Å². The maximum atomic E-state index is 12.6. The predicted octanol–water partition coefficient (Wildman–Crippen LogP) is 0.949. The molecule has 1 fully saturated rings. The maximum absolute atomic E-state index is 12.6. The Balaban J connectivity index is 1.84. The first-order valence-corrected chi connectivity index (χ1v) is 7.40. The zero-order valence-electron chi connectivity index (χ0n) is 12.9. The molecule has 8 nitrogen and oxygen atoms in total. The lowest BCUT2D eigenvalue weighted by Crippen LogP contribution is -2.52. The summed E-state index contributed by atoms with van der Waals surface area (Å²) in [4.78, 5) is 39.8. The Labute approximate surface area is 136 Å². The SMILES string of the molecule is C[C@@H]1CN(C(=O)c2ccc(-c3ccco3)[nH]c2=O)CC(C(=O)O)O1. The Morgan fingerprint density at radius 3 is 2.71 bits per heavy atom. The van der Waals surface area contributed by atoms with Gasteiger partial charge in [0.2, 0.25) is 0 Å². The minimum atomic E-state index is -1.14. The molecule has 0 spiro atoms. The summed E-state index contributed by atoms with van der Waals surface area (Å²) in [6, 6.07) is 6.36. The first-order valence-electron chi connectivity index (χ1n) is 7.40. The highest BCUT2D eigenvalue weighted by Crippen LogP contribution is 2.17. The number of rotatable bonds is 3. The lowest BCUT2D eigenvalue weighted by molar-refractivity contribution is -0.160. The molecule has 3 heterocycles. The molecule has 0 saturated carbocycles. The van der Waals surface area contributed by atoms with Crippen molar-refractivity contribution in [3.8, 4) is 11.5 Å². The van der Waals surface area contributed by atoms with E-state index in [0.29, 0.717) is 11.5 Å². The molecule has 1 saturated heterocycles. The summed E-state index contributed by atoms with van der Waals surface area (Å²) in [5.41, 5.74) is -0.149. The minimum Gasteiger partial charge on any atom is -0.479 e. The van der Waals surface area contributed by atoms with Gasteiger partial charge in [-0.1, -0.05) is 0 Å². The van der Waals surface area contributed by atoms with Crippen LogP contribution in [0.4, 0.5) is 0 Å². The lowest BCUT2D eigenvalue weighted by Gasteiger charge is -2.34. The Bertz CT molecular complexity index is 810. The number of aromatic amines is 1. The lowest BCUT2D eigenvalue weighted by atomic mass is 10.1. The number of carbonyl (C=O) groups is 2. The molecule has 0 aromatic carbocycles. The average Bonchev–Trinajstić information content (AvgIpc) is 3.08. The van der Waals surface area contributed by atoms with Crippen LogP contribution in [-0.4, -0.2) is 52.2 Å². The van der Waals surface area contributed by atoms with Gasteiger partial charge >= 0.3 is 5.97 Å². The van der Waals surface area contributed by atoms with Crippen LogP contribution in [-0.2, 0) is 9.53 Å². The number of carboxylic acid groups (broad SMARTS) is 1. The van der Waals surface area contributed by atoms with Crippen LogP contribution >= 0.6 is 0 Å². The van der Waals surface area contributed by atoms with Crippen LogP contribution in [0.5, 0.6) is 0 Å². The molecule has 0 aliphatic carbocycles. The van der Waals surface area contributed by atoms with Crippen molar-refractivity contribution in [3.05, 3.63) is 46.4 Å². The van der Waals surface area contributed by atoms with Gasteiger partial charge in [-0.25, -0.2) is 4.79 Å². The summed E-state index contributed by atoms with van der Waals surface area (Å²) in [7, 11) is 0. The number of ether oxygens (including phenoxy) is 1. The van der Waals surface area contributed by atoms with Gasteiger partial charge < -0.3 is 24.1 Å². The highest BCUT2D eigenvalue weighted by Gasteiger charge is 2.33. The van der Waals surface area contributed by atoms with Crippen molar-refractivity contribution >= 4 is 11.9 Å². The summed E-state index contributed by atoms with van der Waals surface area (Å²) in [6.07, 6.45) is -0.0436. The topological polar surface area (TPSA) is 113 Å². The molecule has 1 aliphatic heterocycles. The van der Waals surface area contributed by atoms with Gasteiger partial charge in [0.15, 0.2) is 6.10 Å². The first-order chi connectivity index (χ1) is 11.5. The van der Waals surface area contributed by atoms with Crippen molar-refractivity contribution in [1.29, 1.82) is 0 Å². The molecule has 2 N–H and O–H groups in total. The third kappa shape index (κ3) is 3.09. The molecule has 0 radical (unpaired) electrons. The molecule has 126 valence electrons. The van der Waals surface area contributed by atoms with Crippen LogP contribution in [0, 0.1) is 0 Å². The van der Waals surface area contributed by atoms with Crippen LogP contribution in [0.3, 0.4) is 0 Å². The third-order valence-electron chi connectivity index (χ3n) is 3.75. The molecule has 3 rings (SSSR count). The highest BCUT2D eigenvalue weighted by atomic mass is 16.5. The number of carbonyl (C=O) groups excluding carboxylic acids is 1. The van der Waals surface area contributed by atoms with Crippen molar-refractivity contribution in [2.75, 3.05) is 13.1 Å². The van der Waals surface area contributed by atoms with Crippen molar-refractivity contribution < 1.29 is 23.8 Å². The molecule has 2 aromatic heterocycles. The number of aliphatic carboxylic acids is 1. The van der Waals surface area contributed by atoms with Gasteiger partial charge in [-0.05, 0) is 31.2 Å². The summed E-state index contributed by atoms with van der Waals surface area (Å²) in [6.45, 7) is 1.81. The fraction of sp³-hybridized carbons (Fsp3) is 0.312. The van der Waals surface area contributed by atoms with Gasteiger partial charge in [-0.15, -0.1) is 0 Å². The fourth-order valence-corrected chi connectivity index (χ4v) is 2.64. The second kappa shape index (κ2) is 6.32. The number of nitrogens with one attached hydrogen (secondary N) is 1. The number of hydrogen-bond donors (Lipinski definition) is 2. The van der Waals surface area contributed by atoms with Crippen LogP contribution in [0.15, 0.2) is 39.7 Å². The number of nitrogens with zero attached hydrogens (tertiary/aromatic N) is 1. The Kier molecular flexibility index (Phi) is 4.22. The largest absolute Gasteiger partial charge is 0.479 e. The van der Waals surface area contributed by atoms with E-state index in [4.69, 9.17) is 14.3 Å². The zero-order valence-corrected chi connectivity index (χ0v) is 12.9. The molecular formula is C16H16N2O6. The molecule has 8 heteroatoms. The monoisotopic (exact) mass is 332 g/mol. The van der Waals surface area contributed by atoms with Crippen molar-refractivity contribution in [2.24, 2.45) is 0 Å². The van der Waals surface area contributed by atoms with Gasteiger partial charge in [0, 0.05) is 6.54 Å². The Hall–Kier alpha value is -2.87. The number of hydrogen-bond acceptors (Lipinski definition) is 5. The van der Waals surface area contributed by atoms with E-state index in [9.17, 15) is 14.4 Å². The average molecular weight is 332 g/mol. The molecular weight excluding hydrogens is 316 g/mol. The number of pyridine rings is 1. The zero-order chi connectivity index (χ0) is 17.3. The van der Waals surface area contributed by atoms with E-state index in [0.717, 1.165) is 0 Å². The number of furan rings is 1. The number of H-pyrrole nitrogens is 1. The maximum Gasteiger partial charge on any atom is 0.334 e. The van der Waals surface area contributed by atoms with Crippen molar-refractivity contribution in [1.82, 2.24) is 9.88 Å². The van der Waals surface area contributed by atoms with Crippen molar-refractivity contribution in [3.63, 3.8) is 0 Å². The Morgan fingerprint density at radius 1 is 1.29 bits per heavy atom. The highest BCUT2D eigenvalue weighted by molar-refractivity contribution is 5.94. The summed E-state index contributed by atoms with van der Waals surface area (Å²) < 4.78 is 10.5. The third-order valence-corrected chi connectivity index (χ3v) is 3.75. The molecule has 1 aliphatic rings. The number of morpholine rings is 1. The first kappa shape index (κ1) is 16.0. The van der Waals surface area contributed by atoms with E-state index in [-0.39, 0.29) is 18.7 Å². The van der Waals surface area contributed by atoms with Gasteiger partial charge in [-0.2, -0.15) is 0 Å². The normalized spacial score (nSPS) is 20.8. The van der Waals surface area contributed by atoms with E-state index in [1.165, 1.54) is 17.2 Å². The fourth-order valence-electron chi connectivity index (χ4n) is 2.64. The molecule has 2 aromatic rings. The molecule has 2 atom stereocenters. The summed E-state index contributed by atoms with van der Waals surface area (Å²) in [5, 5.41) is 9.08. The van der Waals surface area contributed by atoms with Gasteiger partial charge in [0.25, 0.3) is 11.5 Å². The minimum absolute atomic E-state index is 0.0523. The Morgan fingerprint density at radius 2 is 2.08 bits per heavy atom. The smallest absolute Gasteiger partial charge is 0.334 e. The predicted molar refractivity (Wildman–Crippen MR) is 82.6 cm³/mol. The standard InChI is InChI=1S/C16H16N2O6/c1-9-7-18(8-13(24-9)16(21)22)15(20)10-4-5-11(17-14(10)19)12-3-2-6-23-12/h2-6,9,13H,7-8H2,1H3,(H,17,19)(H,21,22)/t9-,13?/m1/s1. The summed E-state index contributed by atoms with van der Waals surface area (Å²) >= 11 is 0. The molecule has 1 amide bonds. The second-order valence-electron chi connectivity index (χ2n) is 5.58. The van der Waals surface area contributed by atoms with Gasteiger partial charge in [0.05, 0.1) is 24.6 Å². The van der Waals surface area contributed by atoms with E-state index in [1.807, 2.05) is 0 Å². The molecule has 0 bridgehead atoms. The van der Waals surface area contributed by atoms with E-state index >= 15 is 0 Å². The van der Waals surface area contributed by atoms with Crippen LogP contribution in [0.2, 0.25) is 0 Å². The van der Waals surface area contributed by atoms with Crippen LogP contribution in [0.1, 0.15) is 17.3 Å². The molecule has 1 unspecified atom stereocenters. The molecule has 24 heavy (non-hydrogen) atoms. The van der Waals surface area contributed by atoms with Gasteiger partial charge in [0.1, 0.15) is 11.3 Å². The van der Waals surface area contributed by atoms with Crippen LogP contribution < -0.4 is 5.56 Å². The van der Waals surface area contributed by atoms with Crippen molar-refractivity contribution in [2.45, 2.75) is 19.1 Å². The van der Waals surface area contributed by atoms with E-state index in [2.05, 4.69) is 4.98 Å². The number of amides is 1. The number of aromatic nitrogens is 1. The number of carboxylic acids is 1. The quantitative estimate of drug-likeness (QED) is 0.865. The van der Waals surface area contributed by atoms with Crippen LogP contribution in [0.25, 0.3) is 11.5 Å².